The second-order valence-electron chi connectivity index (χ2n) is 17.4. The van der Waals surface area contributed by atoms with Gasteiger partial charge in [-0.2, -0.15) is 0 Å². The average molecular weight is 1040 g/mol. The Hall–Kier alpha value is -8.41. The lowest BCUT2D eigenvalue weighted by Gasteiger charge is -2.48. The van der Waals surface area contributed by atoms with E-state index in [9.17, 15) is 28.8 Å². The number of hydrogen-bond acceptors (Lipinski definition) is 16. The van der Waals surface area contributed by atoms with Crippen molar-refractivity contribution in [1.82, 2.24) is 0 Å². The Morgan fingerprint density at radius 2 is 0.684 bits per heavy atom. The highest BCUT2D eigenvalue weighted by molar-refractivity contribution is 7.99. The van der Waals surface area contributed by atoms with Crippen molar-refractivity contribution in [1.29, 1.82) is 0 Å². The molecule has 0 radical (unpaired) electrons. The summed E-state index contributed by atoms with van der Waals surface area (Å²) in [6.07, 6.45) is -14.1. The summed E-state index contributed by atoms with van der Waals surface area (Å²) in [6, 6.07) is 57.4. The first-order valence-corrected chi connectivity index (χ1v) is 25.2. The molecule has 0 aliphatic carbocycles. The Morgan fingerprint density at radius 1 is 0.368 bits per heavy atom. The molecule has 0 unspecified atom stereocenters. The molecule has 0 amide bonds. The van der Waals surface area contributed by atoms with Crippen LogP contribution in [-0.2, 0) is 42.6 Å². The van der Waals surface area contributed by atoms with E-state index in [0.717, 1.165) is 4.90 Å². The number of ether oxygens (including phenoxy) is 9. The fourth-order valence-electron chi connectivity index (χ4n) is 8.47. The van der Waals surface area contributed by atoms with E-state index in [1.165, 1.54) is 60.3 Å². The molecule has 7 aromatic carbocycles. The molecule has 0 spiro atoms. The summed E-state index contributed by atoms with van der Waals surface area (Å²) in [7, 11) is 0. The van der Waals surface area contributed by atoms with E-state index in [0.29, 0.717) is 0 Å². The first kappa shape index (κ1) is 52.5. The zero-order valence-corrected chi connectivity index (χ0v) is 41.5. The van der Waals surface area contributed by atoms with Crippen LogP contribution in [0.2, 0.25) is 0 Å². The van der Waals surface area contributed by atoms with Gasteiger partial charge in [-0.25, -0.2) is 28.8 Å². The largest absolute Gasteiger partial charge is 0.459 e. The summed E-state index contributed by atoms with van der Waals surface area (Å²) in [6.45, 7) is 1.00. The standard InChI is InChI=1S/C60H50O15S/c1-38-47(49(71-55(63)41-27-13-4-14-28-41)52(74-58(66)44-33-19-7-20-34-44)60(68-38)76-45-35-21-8-22-36-45)75-59-51(73-57(65)43-31-17-6-18-32-43)50(72-56(64)42-29-15-5-16-30-42)48(70-54(62)40-25-11-3-12-26-40)46(69-59)37-67-53(61)39-23-9-2-10-24-39/h2-36,38,46-52,59-60H,37H2,1H3/t38-,46+,47-,48+,49+,50-,51+,52+,59-,60-/m0/s1. The van der Waals surface area contributed by atoms with Crippen LogP contribution >= 0.6 is 11.8 Å². The number of rotatable bonds is 17. The summed E-state index contributed by atoms with van der Waals surface area (Å²) in [5.41, 5.74) is -0.269. The van der Waals surface area contributed by atoms with Crippen molar-refractivity contribution < 1.29 is 71.4 Å². The molecule has 15 nitrogen and oxygen atoms in total. The van der Waals surface area contributed by atoms with Gasteiger partial charge in [0.05, 0.1) is 39.5 Å². The van der Waals surface area contributed by atoms with E-state index in [2.05, 4.69) is 0 Å². The van der Waals surface area contributed by atoms with Crippen LogP contribution in [0.5, 0.6) is 0 Å². The molecule has 7 aromatic rings. The molecule has 0 bridgehead atoms. The molecule has 2 aliphatic heterocycles. The van der Waals surface area contributed by atoms with Gasteiger partial charge < -0.3 is 42.6 Å². The predicted molar refractivity (Wildman–Crippen MR) is 275 cm³/mol. The summed E-state index contributed by atoms with van der Waals surface area (Å²) in [5, 5.41) is 0. The summed E-state index contributed by atoms with van der Waals surface area (Å²) in [4.78, 5) is 85.9. The van der Waals surface area contributed by atoms with Crippen molar-refractivity contribution in [3.63, 3.8) is 0 Å². The monoisotopic (exact) mass is 1040 g/mol. The van der Waals surface area contributed by atoms with E-state index < -0.39 is 103 Å². The Bertz CT molecular complexity index is 3050. The molecule has 10 atom stereocenters. The van der Waals surface area contributed by atoms with Gasteiger partial charge in [-0.15, -0.1) is 0 Å². The Balaban J connectivity index is 1.17. The van der Waals surface area contributed by atoms with Gasteiger partial charge in [0.2, 0.25) is 0 Å². The quantitative estimate of drug-likeness (QED) is 0.0619. The van der Waals surface area contributed by atoms with E-state index >= 15 is 0 Å². The van der Waals surface area contributed by atoms with Crippen molar-refractivity contribution in [2.45, 2.75) is 72.4 Å². The van der Waals surface area contributed by atoms with Gasteiger partial charge >= 0.3 is 35.8 Å². The lowest BCUT2D eigenvalue weighted by molar-refractivity contribution is -0.332. The average Bonchev–Trinajstić information content (AvgIpc) is 3.47. The van der Waals surface area contributed by atoms with Crippen molar-refractivity contribution >= 4 is 47.6 Å². The Morgan fingerprint density at radius 3 is 1.08 bits per heavy atom. The van der Waals surface area contributed by atoms with Crippen LogP contribution < -0.4 is 0 Å². The van der Waals surface area contributed by atoms with Gasteiger partial charge in [0.15, 0.2) is 36.8 Å². The maximum atomic E-state index is 14.4. The second-order valence-corrected chi connectivity index (χ2v) is 18.6. The van der Waals surface area contributed by atoms with E-state index in [-0.39, 0.29) is 33.4 Å². The predicted octanol–water partition coefficient (Wildman–Crippen LogP) is 9.62. The van der Waals surface area contributed by atoms with Crippen LogP contribution in [0.3, 0.4) is 0 Å². The molecule has 0 aromatic heterocycles. The minimum absolute atomic E-state index is 0.0730. The minimum Gasteiger partial charge on any atom is -0.459 e. The van der Waals surface area contributed by atoms with Gasteiger partial charge in [0, 0.05) is 4.90 Å². The fraction of sp³-hybridized carbons (Fsp3) is 0.200. The minimum atomic E-state index is -1.86. The Kier molecular flexibility index (Phi) is 17.4. The number of esters is 6. The molecule has 9 rings (SSSR count). The van der Waals surface area contributed by atoms with Crippen LogP contribution in [0.25, 0.3) is 0 Å². The zero-order valence-electron chi connectivity index (χ0n) is 40.7. The van der Waals surface area contributed by atoms with Crippen LogP contribution in [-0.4, -0.2) is 103 Å². The lowest BCUT2D eigenvalue weighted by Crippen LogP contribution is -2.66. The third-order valence-corrected chi connectivity index (χ3v) is 13.4. The molecule has 2 fully saturated rings. The molecule has 76 heavy (non-hydrogen) atoms. The van der Waals surface area contributed by atoms with Crippen molar-refractivity contribution in [2.75, 3.05) is 6.61 Å². The van der Waals surface area contributed by atoms with E-state index in [1.807, 2.05) is 30.3 Å². The highest BCUT2D eigenvalue weighted by atomic mass is 32.2. The highest BCUT2D eigenvalue weighted by Crippen LogP contribution is 2.40. The van der Waals surface area contributed by atoms with Gasteiger partial charge in [0.25, 0.3) is 0 Å². The van der Waals surface area contributed by atoms with Crippen LogP contribution in [0.1, 0.15) is 69.1 Å². The van der Waals surface area contributed by atoms with Gasteiger partial charge in [0.1, 0.15) is 24.3 Å². The Labute approximate surface area is 441 Å². The van der Waals surface area contributed by atoms with Gasteiger partial charge in [-0.05, 0) is 91.9 Å². The third-order valence-electron chi connectivity index (χ3n) is 12.3. The van der Waals surface area contributed by atoms with Gasteiger partial charge in [-0.3, -0.25) is 0 Å². The first-order valence-electron chi connectivity index (χ1n) is 24.3. The van der Waals surface area contributed by atoms with Gasteiger partial charge in [-0.1, -0.05) is 139 Å². The summed E-state index contributed by atoms with van der Waals surface area (Å²) >= 11 is 1.21. The number of carbonyl (C=O) groups is 6. The molecule has 0 saturated carbocycles. The molecule has 2 aliphatic rings. The topological polar surface area (TPSA) is 185 Å². The molecular formula is C60H50O15S. The molecule has 16 heteroatoms. The highest BCUT2D eigenvalue weighted by Gasteiger charge is 2.57. The summed E-state index contributed by atoms with van der Waals surface area (Å²) < 4.78 is 57.8. The van der Waals surface area contributed by atoms with E-state index in [1.54, 1.807) is 140 Å². The summed E-state index contributed by atoms with van der Waals surface area (Å²) in [5.74, 6) is -5.12. The molecule has 0 N–H and O–H groups in total. The van der Waals surface area contributed by atoms with Crippen molar-refractivity contribution in [3.05, 3.63) is 246 Å². The number of hydrogen-bond donors (Lipinski definition) is 0. The first-order chi connectivity index (χ1) is 37.1. The normalized spacial score (nSPS) is 22.9. The molecule has 2 saturated heterocycles. The van der Waals surface area contributed by atoms with E-state index in [4.69, 9.17) is 42.6 Å². The second kappa shape index (κ2) is 25.2. The molecular weight excluding hydrogens is 993 g/mol. The number of carbonyl (C=O) groups excluding carboxylic acids is 6. The van der Waals surface area contributed by atoms with Crippen molar-refractivity contribution in [2.24, 2.45) is 0 Å². The maximum absolute atomic E-state index is 14.4. The smallest absolute Gasteiger partial charge is 0.338 e. The third kappa shape index (κ3) is 13.1. The molecule has 2 heterocycles. The van der Waals surface area contributed by atoms with Crippen LogP contribution in [0.15, 0.2) is 217 Å². The fourth-order valence-corrected chi connectivity index (χ4v) is 9.63. The van der Waals surface area contributed by atoms with Crippen LogP contribution in [0.4, 0.5) is 0 Å². The van der Waals surface area contributed by atoms with Crippen LogP contribution in [0, 0.1) is 0 Å². The lowest BCUT2D eigenvalue weighted by atomic mass is 9.96. The van der Waals surface area contributed by atoms with Crippen molar-refractivity contribution in [3.8, 4) is 0 Å². The SMILES string of the molecule is C[C@@H]1O[C@@H](Sc2ccccc2)[C@H](OC(=O)c2ccccc2)[C@H](OC(=O)c2ccccc2)[C@H]1O[C@@H]1O[C@H](COC(=O)c2ccccc2)[C@@H](OC(=O)c2ccccc2)[C@H](OC(=O)c2ccccc2)[C@H]1OC(=O)c1ccccc1. The maximum Gasteiger partial charge on any atom is 0.338 e. The number of benzene rings is 7. The zero-order chi connectivity index (χ0) is 52.8. The molecule has 386 valence electrons. The number of thioether (sulfide) groups is 1.